The van der Waals surface area contributed by atoms with Crippen molar-refractivity contribution in [3.63, 3.8) is 0 Å². The number of nitrogens with zero attached hydrogens (tertiary/aromatic N) is 1. The Morgan fingerprint density at radius 1 is 1.39 bits per heavy atom. The fourth-order valence-corrected chi connectivity index (χ4v) is 2.67. The molecule has 2 rings (SSSR count). The lowest BCUT2D eigenvalue weighted by atomic mass is 10.00. The van der Waals surface area contributed by atoms with E-state index in [0.717, 1.165) is 38.6 Å². The van der Waals surface area contributed by atoms with Gasteiger partial charge in [0.15, 0.2) is 5.96 Å². The summed E-state index contributed by atoms with van der Waals surface area (Å²) in [5, 5.41) is 6.70. The van der Waals surface area contributed by atoms with Crippen LogP contribution in [0.3, 0.4) is 0 Å². The van der Waals surface area contributed by atoms with E-state index in [1.54, 1.807) is 0 Å². The molecule has 5 heteroatoms. The van der Waals surface area contributed by atoms with E-state index in [4.69, 9.17) is 9.73 Å². The second kappa shape index (κ2) is 10.9. The summed E-state index contributed by atoms with van der Waals surface area (Å²) >= 11 is 0. The zero-order chi connectivity index (χ0) is 15.8. The zero-order valence-electron chi connectivity index (χ0n) is 14.5. The van der Waals surface area contributed by atoms with Crippen molar-refractivity contribution in [2.24, 2.45) is 4.99 Å². The van der Waals surface area contributed by atoms with Crippen molar-refractivity contribution in [1.82, 2.24) is 10.6 Å². The zero-order valence-corrected chi connectivity index (χ0v) is 16.8. The predicted molar refractivity (Wildman–Crippen MR) is 108 cm³/mol. The molecule has 0 amide bonds. The minimum atomic E-state index is 0. The molecule has 0 bridgehead atoms. The van der Waals surface area contributed by atoms with E-state index in [1.807, 2.05) is 0 Å². The molecule has 1 fully saturated rings. The lowest BCUT2D eigenvalue weighted by Gasteiger charge is -2.16. The number of rotatable bonds is 6. The minimum absolute atomic E-state index is 0. The normalized spacial score (nSPS) is 19.1. The summed E-state index contributed by atoms with van der Waals surface area (Å²) in [6.45, 7) is 9.83. The Morgan fingerprint density at radius 3 is 2.87 bits per heavy atom. The van der Waals surface area contributed by atoms with E-state index in [0.29, 0.717) is 12.0 Å². The van der Waals surface area contributed by atoms with Crippen LogP contribution in [0.15, 0.2) is 29.3 Å². The molecule has 4 nitrogen and oxygen atoms in total. The van der Waals surface area contributed by atoms with Gasteiger partial charge in [0.25, 0.3) is 0 Å². The first-order valence-corrected chi connectivity index (χ1v) is 8.39. The first-order chi connectivity index (χ1) is 10.7. The van der Waals surface area contributed by atoms with Gasteiger partial charge in [-0.05, 0) is 32.3 Å². The quantitative estimate of drug-likeness (QED) is 0.412. The first kappa shape index (κ1) is 20.2. The molecular formula is C18H30IN3O. The van der Waals surface area contributed by atoms with Crippen molar-refractivity contribution in [1.29, 1.82) is 0 Å². The highest BCUT2D eigenvalue weighted by molar-refractivity contribution is 14.0. The smallest absolute Gasteiger partial charge is 0.191 e. The van der Waals surface area contributed by atoms with Gasteiger partial charge in [0.1, 0.15) is 0 Å². The summed E-state index contributed by atoms with van der Waals surface area (Å²) < 4.78 is 5.64. The number of halogens is 1. The lowest BCUT2D eigenvalue weighted by Crippen LogP contribution is -2.41. The Hall–Kier alpha value is -0.820. The maximum Gasteiger partial charge on any atom is 0.191 e. The maximum atomic E-state index is 5.64. The summed E-state index contributed by atoms with van der Waals surface area (Å²) in [6, 6.07) is 8.67. The van der Waals surface area contributed by atoms with E-state index in [1.165, 1.54) is 17.5 Å². The van der Waals surface area contributed by atoms with Crippen LogP contribution in [-0.2, 0) is 4.74 Å². The molecule has 130 valence electrons. The number of hydrogen-bond acceptors (Lipinski definition) is 2. The first-order valence-electron chi connectivity index (χ1n) is 8.39. The second-order valence-electron chi connectivity index (χ2n) is 6.05. The van der Waals surface area contributed by atoms with Gasteiger partial charge >= 0.3 is 0 Å². The molecule has 2 unspecified atom stereocenters. The van der Waals surface area contributed by atoms with E-state index in [9.17, 15) is 0 Å². The monoisotopic (exact) mass is 431 g/mol. The number of aryl methyl sites for hydroxylation is 1. The van der Waals surface area contributed by atoms with Crippen molar-refractivity contribution < 1.29 is 4.74 Å². The van der Waals surface area contributed by atoms with Gasteiger partial charge in [0.2, 0.25) is 0 Å². The van der Waals surface area contributed by atoms with Crippen LogP contribution in [0.25, 0.3) is 0 Å². The number of ether oxygens (including phenoxy) is 1. The molecule has 1 aromatic carbocycles. The molecule has 0 saturated carbocycles. The van der Waals surface area contributed by atoms with E-state index in [-0.39, 0.29) is 24.0 Å². The van der Waals surface area contributed by atoms with Gasteiger partial charge in [-0.2, -0.15) is 0 Å². The van der Waals surface area contributed by atoms with Crippen LogP contribution < -0.4 is 10.6 Å². The molecule has 1 aromatic rings. The molecule has 2 atom stereocenters. The largest absolute Gasteiger partial charge is 0.376 e. The molecule has 0 spiro atoms. The van der Waals surface area contributed by atoms with Gasteiger partial charge in [0.05, 0.1) is 6.10 Å². The Morgan fingerprint density at radius 2 is 2.22 bits per heavy atom. The average Bonchev–Trinajstić information content (AvgIpc) is 3.03. The predicted octanol–water partition coefficient (Wildman–Crippen LogP) is 3.45. The van der Waals surface area contributed by atoms with Crippen LogP contribution in [0.4, 0.5) is 0 Å². The number of hydrogen-bond donors (Lipinski definition) is 2. The molecular weight excluding hydrogens is 401 g/mol. The van der Waals surface area contributed by atoms with Crippen LogP contribution in [-0.4, -0.2) is 38.3 Å². The maximum absolute atomic E-state index is 5.64. The topological polar surface area (TPSA) is 45.7 Å². The van der Waals surface area contributed by atoms with Crippen LogP contribution in [0.5, 0.6) is 0 Å². The highest BCUT2D eigenvalue weighted by Gasteiger charge is 2.15. The highest BCUT2D eigenvalue weighted by atomic mass is 127. The third-order valence-corrected chi connectivity index (χ3v) is 4.00. The van der Waals surface area contributed by atoms with Crippen molar-refractivity contribution in [3.05, 3.63) is 35.4 Å². The highest BCUT2D eigenvalue weighted by Crippen LogP contribution is 2.16. The van der Waals surface area contributed by atoms with Gasteiger partial charge in [0, 0.05) is 32.2 Å². The van der Waals surface area contributed by atoms with E-state index < -0.39 is 0 Å². The molecule has 2 N–H and O–H groups in total. The molecule has 0 aromatic heterocycles. The Balaban J connectivity index is 0.00000264. The third kappa shape index (κ3) is 7.08. The lowest BCUT2D eigenvalue weighted by molar-refractivity contribution is 0.114. The van der Waals surface area contributed by atoms with Crippen LogP contribution in [0.2, 0.25) is 0 Å². The van der Waals surface area contributed by atoms with Crippen LogP contribution in [0.1, 0.15) is 43.7 Å². The van der Waals surface area contributed by atoms with Crippen LogP contribution >= 0.6 is 24.0 Å². The summed E-state index contributed by atoms with van der Waals surface area (Å²) in [7, 11) is 0. The molecule has 1 aliphatic rings. The third-order valence-electron chi connectivity index (χ3n) is 4.00. The number of aliphatic imine (C=N–C) groups is 1. The number of nitrogens with one attached hydrogen (secondary N) is 2. The number of benzene rings is 1. The van der Waals surface area contributed by atoms with E-state index >= 15 is 0 Å². The Labute approximate surface area is 157 Å². The van der Waals surface area contributed by atoms with Crippen molar-refractivity contribution in [3.8, 4) is 0 Å². The van der Waals surface area contributed by atoms with Gasteiger partial charge in [-0.25, -0.2) is 0 Å². The standard InChI is InChI=1S/C18H29N3O.HI/c1-4-19-18(21-13-17-9-6-10-22-17)20-12-15(3)16-8-5-7-14(2)11-16;/h5,7-8,11,15,17H,4,6,9-10,12-13H2,1-3H3,(H2,19,20,21);1H. The molecule has 23 heavy (non-hydrogen) atoms. The van der Waals surface area contributed by atoms with Crippen molar-refractivity contribution in [2.75, 3.05) is 26.2 Å². The van der Waals surface area contributed by atoms with Gasteiger partial charge in [-0.1, -0.05) is 36.8 Å². The van der Waals surface area contributed by atoms with Gasteiger partial charge < -0.3 is 15.4 Å². The number of guanidine groups is 1. The second-order valence-corrected chi connectivity index (χ2v) is 6.05. The van der Waals surface area contributed by atoms with Crippen LogP contribution in [0, 0.1) is 6.92 Å². The molecule has 0 aliphatic carbocycles. The minimum Gasteiger partial charge on any atom is -0.376 e. The summed E-state index contributed by atoms with van der Waals surface area (Å²) in [5.41, 5.74) is 2.65. The molecule has 1 saturated heterocycles. The molecule has 1 aliphatic heterocycles. The van der Waals surface area contributed by atoms with Crippen molar-refractivity contribution in [2.45, 2.75) is 45.6 Å². The average molecular weight is 431 g/mol. The Kier molecular flexibility index (Phi) is 9.55. The molecule has 1 heterocycles. The SMILES string of the molecule is CCNC(=NCC(C)c1cccc(C)c1)NCC1CCCO1.I. The summed E-state index contributed by atoms with van der Waals surface area (Å²) in [5.74, 6) is 1.30. The van der Waals surface area contributed by atoms with Crippen molar-refractivity contribution >= 4 is 29.9 Å². The van der Waals surface area contributed by atoms with Gasteiger partial charge in [-0.15, -0.1) is 24.0 Å². The fourth-order valence-electron chi connectivity index (χ4n) is 2.67. The Bertz CT molecular complexity index is 487. The molecule has 0 radical (unpaired) electrons. The fraction of sp³-hybridized carbons (Fsp3) is 0.611. The van der Waals surface area contributed by atoms with Gasteiger partial charge in [-0.3, -0.25) is 4.99 Å². The summed E-state index contributed by atoms with van der Waals surface area (Å²) in [4.78, 5) is 4.72. The van der Waals surface area contributed by atoms with E-state index in [2.05, 4.69) is 55.7 Å². The summed E-state index contributed by atoms with van der Waals surface area (Å²) in [6.07, 6.45) is 2.65.